The zero-order chi connectivity index (χ0) is 15.7. The van der Waals surface area contributed by atoms with Crippen molar-refractivity contribution in [2.75, 3.05) is 13.2 Å². The van der Waals surface area contributed by atoms with Crippen molar-refractivity contribution < 1.29 is 9.90 Å². The van der Waals surface area contributed by atoms with E-state index in [1.54, 1.807) is 22.9 Å². The van der Waals surface area contributed by atoms with Crippen LogP contribution >= 0.6 is 23.2 Å². The fourth-order valence-electron chi connectivity index (χ4n) is 2.73. The molecule has 116 valence electrons. The van der Waals surface area contributed by atoms with Crippen LogP contribution in [0.1, 0.15) is 28.2 Å². The van der Waals surface area contributed by atoms with E-state index in [0.29, 0.717) is 21.4 Å². The molecule has 7 heteroatoms. The number of hydrogen-bond acceptors (Lipinski definition) is 3. The summed E-state index contributed by atoms with van der Waals surface area (Å²) in [4.78, 5) is 12.2. The van der Waals surface area contributed by atoms with Gasteiger partial charge >= 0.3 is 0 Å². The van der Waals surface area contributed by atoms with Crippen LogP contribution in [-0.2, 0) is 12.8 Å². The Labute approximate surface area is 137 Å². The molecule has 3 rings (SSSR count). The van der Waals surface area contributed by atoms with E-state index in [1.807, 2.05) is 0 Å². The van der Waals surface area contributed by atoms with Gasteiger partial charge in [0.25, 0.3) is 5.91 Å². The minimum atomic E-state index is -0.268. The zero-order valence-corrected chi connectivity index (χ0v) is 13.3. The summed E-state index contributed by atoms with van der Waals surface area (Å²) in [5.74, 6) is -0.268. The van der Waals surface area contributed by atoms with Gasteiger partial charge in [-0.15, -0.1) is 0 Å². The Balaban J connectivity index is 2.04. The smallest absolute Gasteiger partial charge is 0.272 e. The molecule has 0 saturated carbocycles. The second-order valence-electron chi connectivity index (χ2n) is 5.11. The fraction of sp³-hybridized carbons (Fsp3) is 0.333. The van der Waals surface area contributed by atoms with Gasteiger partial charge in [-0.1, -0.05) is 23.2 Å². The van der Waals surface area contributed by atoms with Gasteiger partial charge in [0.15, 0.2) is 5.69 Å². The van der Waals surface area contributed by atoms with E-state index in [2.05, 4.69) is 10.4 Å². The Hall–Kier alpha value is -1.56. The van der Waals surface area contributed by atoms with Crippen LogP contribution in [0.4, 0.5) is 0 Å². The first-order valence-corrected chi connectivity index (χ1v) is 7.82. The van der Waals surface area contributed by atoms with Crippen LogP contribution in [0.25, 0.3) is 5.69 Å². The predicted molar refractivity (Wildman–Crippen MR) is 85.0 cm³/mol. The number of amides is 1. The number of carbonyl (C=O) groups is 1. The van der Waals surface area contributed by atoms with Gasteiger partial charge in [-0.2, -0.15) is 5.10 Å². The molecule has 0 bridgehead atoms. The predicted octanol–water partition coefficient (Wildman–Crippen LogP) is 2.39. The Kier molecular flexibility index (Phi) is 4.38. The summed E-state index contributed by atoms with van der Waals surface area (Å²) in [6, 6.07) is 5.20. The second kappa shape index (κ2) is 6.28. The third kappa shape index (κ3) is 2.72. The number of rotatable bonds is 4. The molecule has 1 aliphatic rings. The van der Waals surface area contributed by atoms with Gasteiger partial charge < -0.3 is 10.4 Å². The Morgan fingerprint density at radius 1 is 1.36 bits per heavy atom. The molecule has 0 unspecified atom stereocenters. The molecule has 2 N–H and O–H groups in total. The first kappa shape index (κ1) is 15.3. The van der Waals surface area contributed by atoms with Gasteiger partial charge in [0.1, 0.15) is 0 Å². The summed E-state index contributed by atoms with van der Waals surface area (Å²) in [6.45, 7) is 0.111. The van der Waals surface area contributed by atoms with Gasteiger partial charge in [-0.3, -0.25) is 4.79 Å². The summed E-state index contributed by atoms with van der Waals surface area (Å²) in [5.41, 5.74) is 3.09. The van der Waals surface area contributed by atoms with Crippen LogP contribution in [-0.4, -0.2) is 33.9 Å². The van der Waals surface area contributed by atoms with Crippen LogP contribution in [0.2, 0.25) is 10.0 Å². The number of fused-ring (bicyclic) bond motifs is 1. The number of aliphatic hydroxyl groups excluding tert-OH is 1. The molecular weight excluding hydrogens is 325 g/mol. The zero-order valence-electron chi connectivity index (χ0n) is 11.8. The van der Waals surface area contributed by atoms with Gasteiger partial charge in [-0.05, 0) is 37.5 Å². The lowest BCUT2D eigenvalue weighted by Gasteiger charge is -2.08. The number of nitrogens with zero attached hydrogens (tertiary/aromatic N) is 2. The van der Waals surface area contributed by atoms with Gasteiger partial charge in [0.05, 0.1) is 17.3 Å². The summed E-state index contributed by atoms with van der Waals surface area (Å²) in [5, 5.41) is 17.0. The fourth-order valence-corrected chi connectivity index (χ4v) is 3.21. The molecule has 2 aromatic rings. The van der Waals surface area contributed by atoms with Crippen molar-refractivity contribution in [1.29, 1.82) is 0 Å². The van der Waals surface area contributed by atoms with Crippen molar-refractivity contribution in [2.24, 2.45) is 0 Å². The SMILES string of the molecule is O=C(NCCO)c1nn(-c2ccc(Cl)cc2Cl)c2c1CCC2. The first-order valence-electron chi connectivity index (χ1n) is 7.07. The number of carbonyl (C=O) groups excluding carboxylic acids is 1. The summed E-state index contributed by atoms with van der Waals surface area (Å²) in [7, 11) is 0. The van der Waals surface area contributed by atoms with E-state index in [9.17, 15) is 4.79 Å². The Morgan fingerprint density at radius 2 is 2.18 bits per heavy atom. The Bertz CT molecular complexity index is 728. The number of aliphatic hydroxyl groups is 1. The van der Waals surface area contributed by atoms with E-state index in [-0.39, 0.29) is 19.1 Å². The standard InChI is InChI=1S/C15H15Cl2N3O2/c16-9-4-5-13(11(17)8-9)20-12-3-1-2-10(12)14(19-20)15(22)18-6-7-21/h4-5,8,21H,1-3,6-7H2,(H,18,22). The van der Waals surface area contributed by atoms with Crippen LogP contribution in [0.3, 0.4) is 0 Å². The quantitative estimate of drug-likeness (QED) is 0.898. The van der Waals surface area contributed by atoms with Crippen LogP contribution in [0, 0.1) is 0 Å². The summed E-state index contributed by atoms with van der Waals surface area (Å²) < 4.78 is 1.73. The lowest BCUT2D eigenvalue weighted by molar-refractivity contribution is 0.0938. The second-order valence-corrected chi connectivity index (χ2v) is 5.96. The average Bonchev–Trinajstić information content (AvgIpc) is 3.07. The molecule has 1 aliphatic carbocycles. The molecule has 0 atom stereocenters. The van der Waals surface area contributed by atoms with Crippen molar-refractivity contribution >= 4 is 29.1 Å². The highest BCUT2D eigenvalue weighted by molar-refractivity contribution is 6.35. The van der Waals surface area contributed by atoms with E-state index >= 15 is 0 Å². The molecule has 0 radical (unpaired) electrons. The molecule has 0 fully saturated rings. The molecule has 5 nitrogen and oxygen atoms in total. The number of halogens is 2. The monoisotopic (exact) mass is 339 g/mol. The number of hydrogen-bond donors (Lipinski definition) is 2. The number of benzene rings is 1. The van der Waals surface area contributed by atoms with Crippen LogP contribution in [0.5, 0.6) is 0 Å². The lowest BCUT2D eigenvalue weighted by Crippen LogP contribution is -2.27. The third-order valence-corrected chi connectivity index (χ3v) is 4.22. The van der Waals surface area contributed by atoms with Crippen molar-refractivity contribution in [3.05, 3.63) is 45.2 Å². The maximum absolute atomic E-state index is 12.2. The molecule has 1 aromatic carbocycles. The number of aromatic nitrogens is 2. The average molecular weight is 340 g/mol. The molecule has 1 aromatic heterocycles. The van der Waals surface area contributed by atoms with Crippen LogP contribution in [0.15, 0.2) is 18.2 Å². The number of nitrogens with one attached hydrogen (secondary N) is 1. The first-order chi connectivity index (χ1) is 10.6. The minimum absolute atomic E-state index is 0.0996. The molecule has 22 heavy (non-hydrogen) atoms. The largest absolute Gasteiger partial charge is 0.395 e. The van der Waals surface area contributed by atoms with Gasteiger partial charge in [0, 0.05) is 22.8 Å². The minimum Gasteiger partial charge on any atom is -0.395 e. The molecule has 0 saturated heterocycles. The molecule has 0 spiro atoms. The normalized spacial score (nSPS) is 13.2. The lowest BCUT2D eigenvalue weighted by atomic mass is 10.2. The van der Waals surface area contributed by atoms with Gasteiger partial charge in [-0.25, -0.2) is 4.68 Å². The summed E-state index contributed by atoms with van der Waals surface area (Å²) >= 11 is 12.2. The Morgan fingerprint density at radius 3 is 2.91 bits per heavy atom. The third-order valence-electron chi connectivity index (χ3n) is 3.68. The van der Waals surface area contributed by atoms with Crippen molar-refractivity contribution in [1.82, 2.24) is 15.1 Å². The molecule has 1 amide bonds. The maximum Gasteiger partial charge on any atom is 0.272 e. The van der Waals surface area contributed by atoms with Crippen molar-refractivity contribution in [2.45, 2.75) is 19.3 Å². The van der Waals surface area contributed by atoms with E-state index in [1.165, 1.54) is 0 Å². The molecule has 1 heterocycles. The summed E-state index contributed by atoms with van der Waals surface area (Å²) in [6.07, 6.45) is 2.66. The van der Waals surface area contributed by atoms with E-state index < -0.39 is 0 Å². The maximum atomic E-state index is 12.2. The van der Waals surface area contributed by atoms with Gasteiger partial charge in [0.2, 0.25) is 0 Å². The van der Waals surface area contributed by atoms with Crippen LogP contribution < -0.4 is 5.32 Å². The highest BCUT2D eigenvalue weighted by atomic mass is 35.5. The molecule has 0 aliphatic heterocycles. The van der Waals surface area contributed by atoms with Crippen molar-refractivity contribution in [3.63, 3.8) is 0 Å². The molecular formula is C15H15Cl2N3O2. The van der Waals surface area contributed by atoms with E-state index in [4.69, 9.17) is 28.3 Å². The van der Waals surface area contributed by atoms with E-state index in [0.717, 1.165) is 30.5 Å². The van der Waals surface area contributed by atoms with Crippen molar-refractivity contribution in [3.8, 4) is 5.69 Å². The highest BCUT2D eigenvalue weighted by Crippen LogP contribution is 2.31. The topological polar surface area (TPSA) is 67.2 Å². The highest BCUT2D eigenvalue weighted by Gasteiger charge is 2.27.